The van der Waals surface area contributed by atoms with Gasteiger partial charge in [-0.05, 0) is 87.6 Å². The lowest BCUT2D eigenvalue weighted by Gasteiger charge is -2.51. The summed E-state index contributed by atoms with van der Waals surface area (Å²) in [5.41, 5.74) is 1.16. The van der Waals surface area contributed by atoms with Crippen molar-refractivity contribution < 1.29 is 33.4 Å². The molecule has 44 heavy (non-hydrogen) atoms. The zero-order valence-corrected chi connectivity index (χ0v) is 25.7. The summed E-state index contributed by atoms with van der Waals surface area (Å²) in [6, 6.07) is 9.55. The van der Waals surface area contributed by atoms with Crippen LogP contribution in [-0.4, -0.2) is 48.9 Å². The molecule has 6 unspecified atom stereocenters. The second-order valence-electron chi connectivity index (χ2n) is 13.2. The number of alkyl halides is 2. The van der Waals surface area contributed by atoms with Crippen molar-refractivity contribution in [3.63, 3.8) is 0 Å². The van der Waals surface area contributed by atoms with E-state index in [0.29, 0.717) is 22.5 Å². The first-order chi connectivity index (χ1) is 20.7. The van der Waals surface area contributed by atoms with Gasteiger partial charge in [-0.2, -0.15) is 0 Å². The summed E-state index contributed by atoms with van der Waals surface area (Å²) in [6.07, 6.45) is 3.66. The van der Waals surface area contributed by atoms with Gasteiger partial charge in [-0.15, -0.1) is 23.2 Å². The van der Waals surface area contributed by atoms with E-state index >= 15 is 0 Å². The molecule has 6 atom stereocenters. The van der Waals surface area contributed by atoms with Crippen LogP contribution in [-0.2, 0) is 25.6 Å². The highest BCUT2D eigenvalue weighted by atomic mass is 35.5. The van der Waals surface area contributed by atoms with Crippen molar-refractivity contribution >= 4 is 52.5 Å². The first kappa shape index (κ1) is 29.0. The van der Waals surface area contributed by atoms with Crippen molar-refractivity contribution in [2.45, 2.75) is 55.3 Å². The van der Waals surface area contributed by atoms with Gasteiger partial charge in [-0.3, -0.25) is 24.1 Å². The molecule has 0 radical (unpaired) electrons. The Balaban J connectivity index is 1.40. The van der Waals surface area contributed by atoms with E-state index in [9.17, 15) is 28.7 Å². The summed E-state index contributed by atoms with van der Waals surface area (Å²) in [6.45, 7) is 5.38. The van der Waals surface area contributed by atoms with E-state index in [1.165, 1.54) is 29.4 Å². The molecule has 7 rings (SSSR count). The second-order valence-corrected chi connectivity index (χ2v) is 14.5. The van der Waals surface area contributed by atoms with E-state index in [-0.39, 0.29) is 42.5 Å². The Morgan fingerprint density at radius 3 is 2.36 bits per heavy atom. The minimum atomic E-state index is -2.05. The van der Waals surface area contributed by atoms with Crippen LogP contribution in [0.15, 0.2) is 65.9 Å². The molecule has 8 nitrogen and oxygen atoms in total. The van der Waals surface area contributed by atoms with E-state index in [1.807, 2.05) is 6.08 Å². The average molecular weight is 640 g/mol. The molecular weight excluding hydrogens is 610 g/mol. The number of hydrogen-bond acceptors (Lipinski definition) is 6. The number of carbonyl (C=O) groups is 4. The molecule has 0 bridgehead atoms. The fourth-order valence-corrected chi connectivity index (χ4v) is 8.82. The molecule has 3 heterocycles. The fraction of sp³-hybridized carbons (Fsp3) is 0.394. The molecule has 0 spiro atoms. The number of halogens is 3. The monoisotopic (exact) mass is 638 g/mol. The van der Waals surface area contributed by atoms with Crippen LogP contribution in [0.3, 0.4) is 0 Å². The topological polar surface area (TPSA) is 104 Å². The molecule has 3 fully saturated rings. The molecule has 2 saturated heterocycles. The summed E-state index contributed by atoms with van der Waals surface area (Å²) >= 11 is 14.8. The number of ether oxygens (including phenoxy) is 1. The Kier molecular flexibility index (Phi) is 6.21. The van der Waals surface area contributed by atoms with Crippen LogP contribution in [0.4, 0.5) is 10.1 Å². The number of phenols is 1. The molecule has 1 N–H and O–H groups in total. The quantitative estimate of drug-likeness (QED) is 0.274. The largest absolute Gasteiger partial charge is 0.508 e. The van der Waals surface area contributed by atoms with Crippen molar-refractivity contribution in [3.05, 3.63) is 77.3 Å². The van der Waals surface area contributed by atoms with Crippen LogP contribution < -0.4 is 9.64 Å². The standard InChI is InChI=1S/C33H29Cl2FN2O6/c1-31(2,3)38-27(40)22-10-9-21-23(25(22)28(38)41)14-32(34)29(42)37(19-6-4-18(36)5-7-19)30(43)33(32,35)26(21)17-12-16-13-20(39)8-11-24(16)44-15-17/h4-9,11,13,15,22-23,25-26,39H,10,12,14H2,1-3H3. The summed E-state index contributed by atoms with van der Waals surface area (Å²) in [4.78, 5) is 54.5. The highest BCUT2D eigenvalue weighted by Crippen LogP contribution is 2.65. The number of hydrogen-bond donors (Lipinski definition) is 1. The first-order valence-electron chi connectivity index (χ1n) is 14.5. The molecule has 11 heteroatoms. The summed E-state index contributed by atoms with van der Waals surface area (Å²) in [5, 5.41) is 10.2. The number of fused-ring (bicyclic) bond motifs is 5. The molecule has 3 aliphatic heterocycles. The number of benzene rings is 2. The molecule has 1 saturated carbocycles. The second kappa shape index (κ2) is 9.41. The zero-order chi connectivity index (χ0) is 31.5. The number of carbonyl (C=O) groups excluding carboxylic acids is 4. The van der Waals surface area contributed by atoms with Gasteiger partial charge >= 0.3 is 0 Å². The van der Waals surface area contributed by atoms with Gasteiger partial charge in [0.15, 0.2) is 9.75 Å². The molecule has 228 valence electrons. The highest BCUT2D eigenvalue weighted by Gasteiger charge is 2.77. The highest BCUT2D eigenvalue weighted by molar-refractivity contribution is 6.58. The third-order valence-corrected chi connectivity index (χ3v) is 11.1. The molecule has 2 aromatic rings. The van der Waals surface area contributed by atoms with Gasteiger partial charge in [0.1, 0.15) is 17.3 Å². The Morgan fingerprint density at radius 2 is 1.68 bits per heavy atom. The van der Waals surface area contributed by atoms with E-state index < -0.39 is 56.6 Å². The van der Waals surface area contributed by atoms with Crippen molar-refractivity contribution in [2.24, 2.45) is 23.7 Å². The van der Waals surface area contributed by atoms with Crippen LogP contribution >= 0.6 is 23.2 Å². The van der Waals surface area contributed by atoms with Gasteiger partial charge in [-0.25, -0.2) is 9.29 Å². The number of imide groups is 2. The number of phenolic OH excluding ortho intramolecular Hbond substituents is 1. The number of amides is 4. The SMILES string of the molecule is CC(C)(C)N1C(=O)C2CC=C3C(CC4(Cl)C(=O)N(c5ccc(F)cc5)C(=O)C4(Cl)C3C3=COc4ccc(O)cc4C3)C2C1=O. The lowest BCUT2D eigenvalue weighted by molar-refractivity contribution is -0.145. The predicted molar refractivity (Wildman–Crippen MR) is 159 cm³/mol. The van der Waals surface area contributed by atoms with Crippen LogP contribution in [0, 0.1) is 29.5 Å². The maximum Gasteiger partial charge on any atom is 0.258 e. The third kappa shape index (κ3) is 3.75. The van der Waals surface area contributed by atoms with Crippen molar-refractivity contribution in [2.75, 3.05) is 4.90 Å². The van der Waals surface area contributed by atoms with E-state index in [0.717, 1.165) is 17.0 Å². The Hall–Kier alpha value is -3.69. The maximum atomic E-state index is 14.4. The van der Waals surface area contributed by atoms with E-state index in [4.69, 9.17) is 27.9 Å². The Bertz CT molecular complexity index is 1730. The van der Waals surface area contributed by atoms with Gasteiger partial charge in [0.25, 0.3) is 11.8 Å². The molecule has 4 amide bonds. The Labute approximate surface area is 263 Å². The minimum absolute atomic E-state index is 0.0223. The lowest BCUT2D eigenvalue weighted by Crippen LogP contribution is -2.61. The van der Waals surface area contributed by atoms with Gasteiger partial charge in [-0.1, -0.05) is 11.6 Å². The average Bonchev–Trinajstić information content (AvgIpc) is 3.31. The van der Waals surface area contributed by atoms with Gasteiger partial charge < -0.3 is 9.84 Å². The molecule has 0 aromatic heterocycles. The molecule has 2 aromatic carbocycles. The van der Waals surface area contributed by atoms with Crippen molar-refractivity contribution in [1.82, 2.24) is 4.90 Å². The minimum Gasteiger partial charge on any atom is -0.508 e. The number of nitrogens with zero attached hydrogens (tertiary/aromatic N) is 2. The fourth-order valence-electron chi connectivity index (χ4n) is 7.87. The molecule has 5 aliphatic rings. The van der Waals surface area contributed by atoms with Crippen LogP contribution in [0.2, 0.25) is 0 Å². The predicted octanol–water partition coefficient (Wildman–Crippen LogP) is 5.24. The summed E-state index contributed by atoms with van der Waals surface area (Å²) < 4.78 is 19.8. The zero-order valence-electron chi connectivity index (χ0n) is 24.1. The van der Waals surface area contributed by atoms with E-state index in [2.05, 4.69) is 0 Å². The van der Waals surface area contributed by atoms with Gasteiger partial charge in [0, 0.05) is 23.4 Å². The number of anilines is 1. The lowest BCUT2D eigenvalue weighted by atomic mass is 9.56. The molecule has 2 aliphatic carbocycles. The molecular formula is C33H29Cl2FN2O6. The number of aromatic hydroxyl groups is 1. The smallest absolute Gasteiger partial charge is 0.258 e. The van der Waals surface area contributed by atoms with Crippen LogP contribution in [0.1, 0.15) is 39.2 Å². The van der Waals surface area contributed by atoms with E-state index in [1.54, 1.807) is 32.9 Å². The van der Waals surface area contributed by atoms with Crippen molar-refractivity contribution in [1.29, 1.82) is 0 Å². The van der Waals surface area contributed by atoms with Crippen molar-refractivity contribution in [3.8, 4) is 11.5 Å². The maximum absolute atomic E-state index is 14.4. The number of allylic oxidation sites excluding steroid dienone is 3. The third-order valence-electron chi connectivity index (χ3n) is 9.71. The summed E-state index contributed by atoms with van der Waals surface area (Å²) in [7, 11) is 0. The summed E-state index contributed by atoms with van der Waals surface area (Å²) in [5.74, 6) is -5.32. The van der Waals surface area contributed by atoms with Gasteiger partial charge in [0.2, 0.25) is 11.8 Å². The number of likely N-dealkylation sites (tertiary alicyclic amines) is 1. The first-order valence-corrected chi connectivity index (χ1v) is 15.2. The number of rotatable bonds is 2. The normalized spacial score (nSPS) is 32.9. The van der Waals surface area contributed by atoms with Crippen LogP contribution in [0.5, 0.6) is 11.5 Å². The van der Waals surface area contributed by atoms with Gasteiger partial charge in [0.05, 0.1) is 23.8 Å². The van der Waals surface area contributed by atoms with Crippen LogP contribution in [0.25, 0.3) is 0 Å². The Morgan fingerprint density at radius 1 is 0.977 bits per heavy atom.